The second-order valence-corrected chi connectivity index (χ2v) is 8.08. The van der Waals surface area contributed by atoms with Crippen LogP contribution in [0.15, 0.2) is 53.6 Å². The summed E-state index contributed by atoms with van der Waals surface area (Å²) >= 11 is 11.9. The lowest BCUT2D eigenvalue weighted by Crippen LogP contribution is -2.25. The molecule has 2 aromatic carbocycles. The predicted octanol–water partition coefficient (Wildman–Crippen LogP) is 4.10. The van der Waals surface area contributed by atoms with Crippen LogP contribution in [-0.4, -0.2) is 24.8 Å². The van der Waals surface area contributed by atoms with Gasteiger partial charge in [-0.3, -0.25) is 0 Å². The van der Waals surface area contributed by atoms with Gasteiger partial charge in [-0.25, -0.2) is 8.42 Å². The first-order valence-corrected chi connectivity index (χ1v) is 9.53. The fourth-order valence-electron chi connectivity index (χ4n) is 2.57. The van der Waals surface area contributed by atoms with E-state index in [0.717, 1.165) is 21.8 Å². The van der Waals surface area contributed by atoms with Crippen molar-refractivity contribution < 1.29 is 8.42 Å². The van der Waals surface area contributed by atoms with E-state index in [1.165, 1.54) is 0 Å². The van der Waals surface area contributed by atoms with Gasteiger partial charge in [0.1, 0.15) is 0 Å². The molecule has 1 aliphatic rings. The maximum Gasteiger partial charge on any atom is 0.247 e. The highest BCUT2D eigenvalue weighted by Crippen LogP contribution is 2.35. The summed E-state index contributed by atoms with van der Waals surface area (Å²) in [5.74, 6) is 0. The maximum absolute atomic E-state index is 12.1. The van der Waals surface area contributed by atoms with Crippen molar-refractivity contribution in [3.8, 4) is 0 Å². The quantitative estimate of drug-likeness (QED) is 0.818. The van der Waals surface area contributed by atoms with E-state index in [0.29, 0.717) is 22.2 Å². The Bertz CT molecular complexity index is 864. The molecule has 1 unspecified atom stereocenters. The molecular formula is C16H14Cl2N2O2S. The van der Waals surface area contributed by atoms with E-state index >= 15 is 0 Å². The summed E-state index contributed by atoms with van der Waals surface area (Å²) < 4.78 is 25.4. The molecule has 0 N–H and O–H groups in total. The lowest BCUT2D eigenvalue weighted by molar-refractivity contribution is 0.375. The molecule has 1 heterocycles. The minimum atomic E-state index is -3.49. The Morgan fingerprint density at radius 3 is 2.39 bits per heavy atom. The molecule has 7 heteroatoms. The van der Waals surface area contributed by atoms with Gasteiger partial charge in [-0.1, -0.05) is 47.5 Å². The number of nitrogens with zero attached hydrogens (tertiary/aromatic N) is 2. The van der Waals surface area contributed by atoms with Crippen molar-refractivity contribution in [2.24, 2.45) is 5.10 Å². The second-order valence-electron chi connectivity index (χ2n) is 5.36. The van der Waals surface area contributed by atoms with Gasteiger partial charge >= 0.3 is 0 Å². The Balaban J connectivity index is 2.01. The lowest BCUT2D eigenvalue weighted by atomic mass is 9.99. The van der Waals surface area contributed by atoms with Crippen LogP contribution >= 0.6 is 23.2 Å². The van der Waals surface area contributed by atoms with Gasteiger partial charge in [0.2, 0.25) is 10.0 Å². The first-order chi connectivity index (χ1) is 10.8. The van der Waals surface area contributed by atoms with Gasteiger partial charge in [-0.2, -0.15) is 9.52 Å². The molecule has 0 bridgehead atoms. The van der Waals surface area contributed by atoms with Crippen molar-refractivity contribution in [2.75, 3.05) is 6.26 Å². The molecular weight excluding hydrogens is 355 g/mol. The van der Waals surface area contributed by atoms with Gasteiger partial charge in [-0.05, 0) is 35.4 Å². The zero-order chi connectivity index (χ0) is 16.6. The van der Waals surface area contributed by atoms with Gasteiger partial charge in [0.15, 0.2) is 0 Å². The fourth-order valence-corrected chi connectivity index (χ4v) is 3.80. The number of halogens is 2. The van der Waals surface area contributed by atoms with Gasteiger partial charge in [0, 0.05) is 16.5 Å². The Kier molecular flexibility index (Phi) is 4.36. The highest BCUT2D eigenvalue weighted by molar-refractivity contribution is 7.88. The molecule has 0 aromatic heterocycles. The first-order valence-electron chi connectivity index (χ1n) is 6.93. The van der Waals surface area contributed by atoms with Crippen molar-refractivity contribution in [2.45, 2.75) is 12.5 Å². The van der Waals surface area contributed by atoms with Crippen LogP contribution < -0.4 is 0 Å². The normalized spacial score (nSPS) is 18.1. The largest absolute Gasteiger partial charge is 0.247 e. The smallest absolute Gasteiger partial charge is 0.205 e. The molecule has 1 aliphatic heterocycles. The summed E-state index contributed by atoms with van der Waals surface area (Å²) in [4.78, 5) is 0. The Hall–Kier alpha value is -1.56. The van der Waals surface area contributed by atoms with Crippen molar-refractivity contribution >= 4 is 38.9 Å². The van der Waals surface area contributed by atoms with Crippen molar-refractivity contribution in [3.63, 3.8) is 0 Å². The second kappa shape index (κ2) is 6.15. The SMILES string of the molecule is CS(=O)(=O)N1N=C(c2ccc(Cl)cc2)CC1c1cccc(Cl)c1. The number of benzene rings is 2. The van der Waals surface area contributed by atoms with Crippen LogP contribution in [0.4, 0.5) is 0 Å². The van der Waals surface area contributed by atoms with Crippen molar-refractivity contribution in [1.29, 1.82) is 0 Å². The zero-order valence-electron chi connectivity index (χ0n) is 12.3. The summed E-state index contributed by atoms with van der Waals surface area (Å²) in [6, 6.07) is 14.0. The molecule has 0 radical (unpaired) electrons. The number of rotatable bonds is 3. The molecule has 0 saturated heterocycles. The molecule has 0 aliphatic carbocycles. The molecule has 3 rings (SSSR count). The van der Waals surface area contributed by atoms with Crippen LogP contribution in [-0.2, 0) is 10.0 Å². The molecule has 0 spiro atoms. The lowest BCUT2D eigenvalue weighted by Gasteiger charge is -2.21. The van der Waals surface area contributed by atoms with Gasteiger partial charge in [0.25, 0.3) is 0 Å². The summed E-state index contributed by atoms with van der Waals surface area (Å²) in [5.41, 5.74) is 2.38. The van der Waals surface area contributed by atoms with Crippen LogP contribution in [0.3, 0.4) is 0 Å². The highest BCUT2D eigenvalue weighted by Gasteiger charge is 2.34. The van der Waals surface area contributed by atoms with E-state index in [1.807, 2.05) is 18.2 Å². The average molecular weight is 369 g/mol. The average Bonchev–Trinajstić information content (AvgIpc) is 2.93. The minimum absolute atomic E-state index is 0.394. The zero-order valence-corrected chi connectivity index (χ0v) is 14.6. The third kappa shape index (κ3) is 3.52. The summed E-state index contributed by atoms with van der Waals surface area (Å²) in [6.45, 7) is 0. The molecule has 2 aromatic rings. The van der Waals surface area contributed by atoms with Crippen LogP contribution in [0, 0.1) is 0 Å². The summed E-state index contributed by atoms with van der Waals surface area (Å²) in [7, 11) is -3.49. The number of hydrazone groups is 1. The van der Waals surface area contributed by atoms with Crippen molar-refractivity contribution in [3.05, 3.63) is 69.7 Å². The Morgan fingerprint density at radius 2 is 1.78 bits per heavy atom. The van der Waals surface area contributed by atoms with Gasteiger partial charge < -0.3 is 0 Å². The molecule has 1 atom stereocenters. The standard InChI is InChI=1S/C16H14Cl2N2O2S/c1-23(21,22)20-16(12-3-2-4-14(18)9-12)10-15(19-20)11-5-7-13(17)8-6-11/h2-9,16H,10H2,1H3. The molecule has 0 fully saturated rings. The summed E-state index contributed by atoms with van der Waals surface area (Å²) in [6.07, 6.45) is 1.63. The summed E-state index contributed by atoms with van der Waals surface area (Å²) in [5, 5.41) is 5.51. The molecule has 0 amide bonds. The highest BCUT2D eigenvalue weighted by atomic mass is 35.5. The first kappa shape index (κ1) is 16.3. The minimum Gasteiger partial charge on any atom is -0.205 e. The van der Waals surface area contributed by atoms with Crippen LogP contribution in [0.25, 0.3) is 0 Å². The van der Waals surface area contributed by atoms with Crippen LogP contribution in [0.1, 0.15) is 23.6 Å². The van der Waals surface area contributed by atoms with Crippen LogP contribution in [0.2, 0.25) is 10.0 Å². The predicted molar refractivity (Wildman–Crippen MR) is 93.5 cm³/mol. The monoisotopic (exact) mass is 368 g/mol. The van der Waals surface area contributed by atoms with Crippen LogP contribution in [0.5, 0.6) is 0 Å². The molecule has 4 nitrogen and oxygen atoms in total. The van der Waals surface area contributed by atoms with E-state index in [9.17, 15) is 8.42 Å². The molecule has 0 saturated carbocycles. The van der Waals surface area contributed by atoms with E-state index in [4.69, 9.17) is 23.2 Å². The van der Waals surface area contributed by atoms with E-state index in [2.05, 4.69) is 5.10 Å². The third-order valence-corrected chi connectivity index (χ3v) is 5.13. The number of hydrogen-bond donors (Lipinski definition) is 0. The fraction of sp³-hybridized carbons (Fsp3) is 0.188. The van der Waals surface area contributed by atoms with E-state index in [1.54, 1.807) is 30.3 Å². The van der Waals surface area contributed by atoms with Crippen molar-refractivity contribution in [1.82, 2.24) is 4.41 Å². The topological polar surface area (TPSA) is 49.7 Å². The number of sulfonamides is 1. The van der Waals surface area contributed by atoms with E-state index < -0.39 is 16.1 Å². The number of hydrogen-bond acceptors (Lipinski definition) is 3. The molecule has 23 heavy (non-hydrogen) atoms. The van der Waals surface area contributed by atoms with Gasteiger partial charge in [-0.15, -0.1) is 0 Å². The Labute approximate surface area is 145 Å². The van der Waals surface area contributed by atoms with Gasteiger partial charge in [0.05, 0.1) is 18.0 Å². The molecule has 120 valence electrons. The van der Waals surface area contributed by atoms with E-state index in [-0.39, 0.29) is 0 Å². The third-order valence-electron chi connectivity index (χ3n) is 3.62. The maximum atomic E-state index is 12.1. The Morgan fingerprint density at radius 1 is 1.09 bits per heavy atom.